The largest absolute Gasteiger partial charge is 0.378 e. The number of amides is 1. The Kier molecular flexibility index (Phi) is 3.94. The second kappa shape index (κ2) is 5.88. The predicted molar refractivity (Wildman–Crippen MR) is 83.1 cm³/mol. The Morgan fingerprint density at radius 1 is 1.18 bits per heavy atom. The Hall–Kier alpha value is -2.21. The minimum absolute atomic E-state index is 0.103. The molecule has 2 heterocycles. The number of benzene rings is 1. The molecule has 0 atom stereocenters. The highest BCUT2D eigenvalue weighted by atomic mass is 16.5. The molecule has 0 N–H and O–H groups in total. The van der Waals surface area contributed by atoms with E-state index in [1.165, 1.54) is 4.68 Å². The number of ether oxygens (including phenoxy) is 1. The fourth-order valence-electron chi connectivity index (χ4n) is 2.63. The van der Waals surface area contributed by atoms with Gasteiger partial charge in [0, 0.05) is 18.5 Å². The van der Waals surface area contributed by atoms with Gasteiger partial charge in [0.25, 0.3) is 11.5 Å². The van der Waals surface area contributed by atoms with Crippen molar-refractivity contribution in [2.24, 2.45) is 0 Å². The van der Waals surface area contributed by atoms with Crippen LogP contribution in [0.25, 0.3) is 10.8 Å². The van der Waals surface area contributed by atoms with Gasteiger partial charge in [-0.05, 0) is 19.9 Å². The molecule has 116 valence electrons. The minimum atomic E-state index is -0.163. The third kappa shape index (κ3) is 2.50. The quantitative estimate of drug-likeness (QED) is 0.842. The first kappa shape index (κ1) is 14.7. The molecule has 1 aromatic heterocycles. The molecule has 0 aliphatic carbocycles. The number of carbonyl (C=O) groups is 1. The van der Waals surface area contributed by atoms with E-state index in [9.17, 15) is 9.59 Å². The maximum Gasteiger partial charge on any atom is 0.275 e. The molecule has 1 saturated heterocycles. The first-order chi connectivity index (χ1) is 10.6. The summed E-state index contributed by atoms with van der Waals surface area (Å²) in [5.41, 5.74) is 0.176. The lowest BCUT2D eigenvalue weighted by atomic mass is 10.1. The number of hydrogen-bond donors (Lipinski definition) is 0. The van der Waals surface area contributed by atoms with E-state index in [0.29, 0.717) is 42.8 Å². The van der Waals surface area contributed by atoms with Gasteiger partial charge in [-0.2, -0.15) is 5.10 Å². The van der Waals surface area contributed by atoms with Crippen molar-refractivity contribution in [1.82, 2.24) is 14.7 Å². The summed E-state index contributed by atoms with van der Waals surface area (Å²) < 4.78 is 6.67. The van der Waals surface area contributed by atoms with Crippen LogP contribution < -0.4 is 5.56 Å². The second-order valence-electron chi connectivity index (χ2n) is 5.64. The van der Waals surface area contributed by atoms with Crippen LogP contribution in [0.3, 0.4) is 0 Å². The van der Waals surface area contributed by atoms with E-state index < -0.39 is 0 Å². The highest BCUT2D eigenvalue weighted by molar-refractivity contribution is 6.04. The molecule has 1 amide bonds. The van der Waals surface area contributed by atoms with Crippen LogP contribution in [0.2, 0.25) is 0 Å². The number of carbonyl (C=O) groups excluding carboxylic acids is 1. The van der Waals surface area contributed by atoms with Crippen LogP contribution in [0.4, 0.5) is 0 Å². The maximum atomic E-state index is 12.8. The third-order valence-corrected chi connectivity index (χ3v) is 3.82. The monoisotopic (exact) mass is 301 g/mol. The average Bonchev–Trinajstić information content (AvgIpc) is 2.55. The van der Waals surface area contributed by atoms with Crippen LogP contribution in [-0.2, 0) is 4.74 Å². The van der Waals surface area contributed by atoms with Crippen LogP contribution in [-0.4, -0.2) is 46.9 Å². The van der Waals surface area contributed by atoms with Crippen LogP contribution in [0, 0.1) is 0 Å². The van der Waals surface area contributed by atoms with Gasteiger partial charge in [0.05, 0.1) is 24.6 Å². The number of fused-ring (bicyclic) bond motifs is 1. The standard InChI is InChI=1S/C16H19N3O3/c1-11(2)19-15(20)13-6-4-3-5-12(13)14(17-19)16(21)18-7-9-22-10-8-18/h3-6,11H,7-10H2,1-2H3. The molecule has 6 heteroatoms. The van der Waals surface area contributed by atoms with E-state index in [-0.39, 0.29) is 17.5 Å². The minimum Gasteiger partial charge on any atom is -0.378 e. The summed E-state index contributed by atoms with van der Waals surface area (Å²) in [6, 6.07) is 7.04. The molecule has 0 bridgehead atoms. The lowest BCUT2D eigenvalue weighted by Gasteiger charge is -2.27. The summed E-state index contributed by atoms with van der Waals surface area (Å²) >= 11 is 0. The summed E-state index contributed by atoms with van der Waals surface area (Å²) in [6.45, 7) is 5.94. The number of nitrogens with zero attached hydrogens (tertiary/aromatic N) is 3. The molecule has 1 fully saturated rings. The molecule has 0 radical (unpaired) electrons. The molecule has 0 saturated carbocycles. The number of morpholine rings is 1. The molecule has 1 aromatic carbocycles. The smallest absolute Gasteiger partial charge is 0.275 e. The lowest BCUT2D eigenvalue weighted by Crippen LogP contribution is -2.42. The van der Waals surface area contributed by atoms with Gasteiger partial charge in [-0.3, -0.25) is 9.59 Å². The van der Waals surface area contributed by atoms with Crippen molar-refractivity contribution in [2.45, 2.75) is 19.9 Å². The van der Waals surface area contributed by atoms with E-state index in [1.54, 1.807) is 23.1 Å². The van der Waals surface area contributed by atoms with Crippen molar-refractivity contribution in [2.75, 3.05) is 26.3 Å². The van der Waals surface area contributed by atoms with E-state index in [4.69, 9.17) is 4.74 Å². The van der Waals surface area contributed by atoms with Gasteiger partial charge in [0.2, 0.25) is 0 Å². The molecule has 1 aliphatic rings. The molecular formula is C16H19N3O3. The molecule has 22 heavy (non-hydrogen) atoms. The van der Waals surface area contributed by atoms with Gasteiger partial charge >= 0.3 is 0 Å². The van der Waals surface area contributed by atoms with Crippen molar-refractivity contribution < 1.29 is 9.53 Å². The Morgan fingerprint density at radius 3 is 2.45 bits per heavy atom. The fourth-order valence-corrected chi connectivity index (χ4v) is 2.63. The number of rotatable bonds is 2. The predicted octanol–water partition coefficient (Wildman–Crippen LogP) is 1.45. The van der Waals surface area contributed by atoms with Crippen LogP contribution in [0.15, 0.2) is 29.1 Å². The summed E-state index contributed by atoms with van der Waals surface area (Å²) in [6.07, 6.45) is 0. The topological polar surface area (TPSA) is 64.4 Å². The molecule has 1 aliphatic heterocycles. The SMILES string of the molecule is CC(C)n1nc(C(=O)N2CCOCC2)c2ccccc2c1=O. The van der Waals surface area contributed by atoms with E-state index in [0.717, 1.165) is 0 Å². The normalized spacial score (nSPS) is 15.5. The van der Waals surface area contributed by atoms with Crippen molar-refractivity contribution >= 4 is 16.7 Å². The van der Waals surface area contributed by atoms with E-state index in [1.807, 2.05) is 19.9 Å². The highest BCUT2D eigenvalue weighted by Crippen LogP contribution is 2.17. The molecule has 3 rings (SSSR count). The zero-order valence-corrected chi connectivity index (χ0v) is 12.8. The molecule has 2 aromatic rings. The summed E-state index contributed by atoms with van der Waals surface area (Å²) in [5, 5.41) is 5.49. The average molecular weight is 301 g/mol. The first-order valence-corrected chi connectivity index (χ1v) is 7.48. The van der Waals surface area contributed by atoms with Crippen molar-refractivity contribution in [3.63, 3.8) is 0 Å². The number of hydrogen-bond acceptors (Lipinski definition) is 4. The molecule has 0 spiro atoms. The lowest BCUT2D eigenvalue weighted by molar-refractivity contribution is 0.0298. The Bertz CT molecular complexity index is 761. The van der Waals surface area contributed by atoms with Gasteiger partial charge in [-0.1, -0.05) is 18.2 Å². The van der Waals surface area contributed by atoms with Gasteiger partial charge < -0.3 is 9.64 Å². The first-order valence-electron chi connectivity index (χ1n) is 7.48. The Morgan fingerprint density at radius 2 is 1.82 bits per heavy atom. The molecular weight excluding hydrogens is 282 g/mol. The van der Waals surface area contributed by atoms with Gasteiger partial charge in [0.1, 0.15) is 0 Å². The van der Waals surface area contributed by atoms with Crippen LogP contribution >= 0.6 is 0 Å². The van der Waals surface area contributed by atoms with Gasteiger partial charge in [-0.15, -0.1) is 0 Å². The zero-order valence-electron chi connectivity index (χ0n) is 12.8. The van der Waals surface area contributed by atoms with E-state index in [2.05, 4.69) is 5.10 Å². The Labute approximate surface area is 128 Å². The van der Waals surface area contributed by atoms with Gasteiger partial charge in [-0.25, -0.2) is 4.68 Å². The summed E-state index contributed by atoms with van der Waals surface area (Å²) in [5.74, 6) is -0.145. The zero-order chi connectivity index (χ0) is 15.7. The van der Waals surface area contributed by atoms with Crippen molar-refractivity contribution in [1.29, 1.82) is 0 Å². The Balaban J connectivity index is 2.17. The molecule has 6 nitrogen and oxygen atoms in total. The summed E-state index contributed by atoms with van der Waals surface area (Å²) in [7, 11) is 0. The maximum absolute atomic E-state index is 12.8. The second-order valence-corrected chi connectivity index (χ2v) is 5.64. The highest BCUT2D eigenvalue weighted by Gasteiger charge is 2.24. The summed E-state index contributed by atoms with van der Waals surface area (Å²) in [4.78, 5) is 27.0. The third-order valence-electron chi connectivity index (χ3n) is 3.82. The number of aromatic nitrogens is 2. The molecule has 0 unspecified atom stereocenters. The van der Waals surface area contributed by atoms with Crippen LogP contribution in [0.5, 0.6) is 0 Å². The van der Waals surface area contributed by atoms with Crippen molar-refractivity contribution in [3.05, 3.63) is 40.3 Å². The van der Waals surface area contributed by atoms with E-state index >= 15 is 0 Å². The van der Waals surface area contributed by atoms with Gasteiger partial charge in [0.15, 0.2) is 5.69 Å². The fraction of sp³-hybridized carbons (Fsp3) is 0.438. The van der Waals surface area contributed by atoms with Crippen molar-refractivity contribution in [3.8, 4) is 0 Å². The van der Waals surface area contributed by atoms with Crippen LogP contribution in [0.1, 0.15) is 30.4 Å².